The van der Waals surface area contributed by atoms with E-state index in [4.69, 9.17) is 4.74 Å². The second kappa shape index (κ2) is 2.21. The molecule has 2 rings (SSSR count). The average Bonchev–Trinajstić information content (AvgIpc) is 2.42. The molecule has 0 spiro atoms. The van der Waals surface area contributed by atoms with Crippen LogP contribution in [0.2, 0.25) is 0 Å². The summed E-state index contributed by atoms with van der Waals surface area (Å²) in [5.41, 5.74) is 0. The third-order valence-corrected chi connectivity index (χ3v) is 3.04. The van der Waals surface area contributed by atoms with Crippen LogP contribution in [0, 0.1) is 5.92 Å². The maximum atomic E-state index is 5.43. The zero-order valence-corrected chi connectivity index (χ0v) is 6.71. The van der Waals surface area contributed by atoms with Crippen LogP contribution in [0.3, 0.4) is 0 Å². The van der Waals surface area contributed by atoms with Crippen LogP contribution in [0.15, 0.2) is 0 Å². The molecule has 2 heteroatoms. The number of ether oxygens (including phenoxy) is 1. The lowest BCUT2D eigenvalue weighted by atomic mass is 10.1. The van der Waals surface area contributed by atoms with E-state index >= 15 is 0 Å². The molecule has 1 aliphatic carbocycles. The van der Waals surface area contributed by atoms with E-state index in [1.807, 2.05) is 7.11 Å². The minimum absolute atomic E-state index is 0.546. The lowest BCUT2D eigenvalue weighted by Crippen LogP contribution is -2.31. The standard InChI is InChI=1S/C8H15NO/c1-9-5-6-3-4-7(9)8(6)10-2/h6-8H,3-5H2,1-2H3. The lowest BCUT2D eigenvalue weighted by Gasteiger charge is -2.21. The molecule has 1 heterocycles. The van der Waals surface area contributed by atoms with Gasteiger partial charge in [-0.2, -0.15) is 0 Å². The summed E-state index contributed by atoms with van der Waals surface area (Å²) in [4.78, 5) is 2.43. The van der Waals surface area contributed by atoms with Crippen molar-refractivity contribution in [3.05, 3.63) is 0 Å². The van der Waals surface area contributed by atoms with Crippen LogP contribution in [-0.2, 0) is 4.74 Å². The monoisotopic (exact) mass is 141 g/mol. The summed E-state index contributed by atoms with van der Waals surface area (Å²) in [6.45, 7) is 1.25. The van der Waals surface area contributed by atoms with E-state index in [9.17, 15) is 0 Å². The highest BCUT2D eigenvalue weighted by atomic mass is 16.5. The van der Waals surface area contributed by atoms with Crippen molar-refractivity contribution < 1.29 is 4.74 Å². The van der Waals surface area contributed by atoms with E-state index in [-0.39, 0.29) is 0 Å². The Hall–Kier alpha value is -0.0800. The van der Waals surface area contributed by atoms with E-state index in [1.54, 1.807) is 0 Å². The molecule has 0 radical (unpaired) electrons. The van der Waals surface area contributed by atoms with Gasteiger partial charge in [-0.1, -0.05) is 0 Å². The van der Waals surface area contributed by atoms with E-state index < -0.39 is 0 Å². The molecule has 0 aromatic rings. The van der Waals surface area contributed by atoms with E-state index in [0.29, 0.717) is 6.10 Å². The molecule has 2 bridgehead atoms. The number of likely N-dealkylation sites (N-methyl/N-ethyl adjacent to an activating group) is 1. The van der Waals surface area contributed by atoms with Crippen LogP contribution >= 0.6 is 0 Å². The van der Waals surface area contributed by atoms with Crippen molar-refractivity contribution in [2.45, 2.75) is 25.0 Å². The Balaban J connectivity index is 2.11. The summed E-state index contributed by atoms with van der Waals surface area (Å²) in [5, 5.41) is 0. The lowest BCUT2D eigenvalue weighted by molar-refractivity contribution is 0.0734. The number of fused-ring (bicyclic) bond motifs is 2. The van der Waals surface area contributed by atoms with Crippen LogP contribution in [0.25, 0.3) is 0 Å². The van der Waals surface area contributed by atoms with Crippen LogP contribution in [0.1, 0.15) is 12.8 Å². The van der Waals surface area contributed by atoms with Crippen LogP contribution < -0.4 is 0 Å². The smallest absolute Gasteiger partial charge is 0.0766 e. The number of methoxy groups -OCH3 is 1. The van der Waals surface area contributed by atoms with Crippen molar-refractivity contribution in [3.63, 3.8) is 0 Å². The summed E-state index contributed by atoms with van der Waals surface area (Å²) in [5.74, 6) is 0.833. The van der Waals surface area contributed by atoms with Crippen LogP contribution in [-0.4, -0.2) is 37.7 Å². The van der Waals surface area contributed by atoms with Gasteiger partial charge in [-0.15, -0.1) is 0 Å². The van der Waals surface area contributed by atoms with Gasteiger partial charge >= 0.3 is 0 Å². The summed E-state index contributed by atoms with van der Waals surface area (Å²) in [6.07, 6.45) is 3.28. The highest BCUT2D eigenvalue weighted by Crippen LogP contribution is 2.38. The molecule has 0 N–H and O–H groups in total. The number of nitrogens with zero attached hydrogens (tertiary/aromatic N) is 1. The molecular weight excluding hydrogens is 126 g/mol. The zero-order valence-electron chi connectivity index (χ0n) is 6.71. The molecule has 2 aliphatic rings. The van der Waals surface area contributed by atoms with Gasteiger partial charge in [-0.05, 0) is 25.8 Å². The fourth-order valence-electron chi connectivity index (χ4n) is 2.55. The first-order chi connectivity index (χ1) is 4.83. The molecule has 2 nitrogen and oxygen atoms in total. The molecule has 0 aromatic carbocycles. The number of rotatable bonds is 1. The van der Waals surface area contributed by atoms with Gasteiger partial charge in [-0.25, -0.2) is 0 Å². The van der Waals surface area contributed by atoms with Gasteiger partial charge in [0.2, 0.25) is 0 Å². The summed E-state index contributed by atoms with van der Waals surface area (Å²) < 4.78 is 5.43. The Morgan fingerprint density at radius 2 is 2.20 bits per heavy atom. The molecule has 3 atom stereocenters. The van der Waals surface area contributed by atoms with Gasteiger partial charge in [0.25, 0.3) is 0 Å². The van der Waals surface area contributed by atoms with Crippen LogP contribution in [0.4, 0.5) is 0 Å². The molecule has 1 aliphatic heterocycles. The number of hydrogen-bond acceptors (Lipinski definition) is 2. The molecule has 1 saturated heterocycles. The van der Waals surface area contributed by atoms with Crippen molar-refractivity contribution in [1.29, 1.82) is 0 Å². The SMILES string of the molecule is COC1C2CCC1N(C)C2. The molecule has 2 fully saturated rings. The van der Waals surface area contributed by atoms with Gasteiger partial charge in [0.15, 0.2) is 0 Å². The third kappa shape index (κ3) is 0.722. The maximum absolute atomic E-state index is 5.43. The first kappa shape index (κ1) is 6.62. The minimum atomic E-state index is 0.546. The Kier molecular flexibility index (Phi) is 1.46. The first-order valence-electron chi connectivity index (χ1n) is 4.06. The highest BCUT2D eigenvalue weighted by Gasteiger charge is 2.45. The quantitative estimate of drug-likeness (QED) is 0.533. The Labute approximate surface area is 62.2 Å². The molecule has 3 unspecified atom stereocenters. The molecule has 10 heavy (non-hydrogen) atoms. The maximum Gasteiger partial charge on any atom is 0.0766 e. The normalized spacial score (nSPS) is 46.8. The Bertz CT molecular complexity index is 137. The zero-order chi connectivity index (χ0) is 7.14. The predicted octanol–water partition coefficient (Wildman–Crippen LogP) is 0.725. The topological polar surface area (TPSA) is 12.5 Å². The molecular formula is C8H15NO. The van der Waals surface area contributed by atoms with Crippen molar-refractivity contribution in [2.24, 2.45) is 5.92 Å². The third-order valence-electron chi connectivity index (χ3n) is 3.04. The van der Waals surface area contributed by atoms with Crippen molar-refractivity contribution in [3.8, 4) is 0 Å². The van der Waals surface area contributed by atoms with E-state index in [2.05, 4.69) is 11.9 Å². The molecule has 58 valence electrons. The first-order valence-corrected chi connectivity index (χ1v) is 4.06. The number of likely N-dealkylation sites (tertiary alicyclic amines) is 1. The fourth-order valence-corrected chi connectivity index (χ4v) is 2.55. The second-order valence-electron chi connectivity index (χ2n) is 3.54. The summed E-state index contributed by atoms with van der Waals surface area (Å²) in [7, 11) is 4.05. The molecule has 1 saturated carbocycles. The molecule has 0 amide bonds. The fraction of sp³-hybridized carbons (Fsp3) is 1.00. The summed E-state index contributed by atoms with van der Waals surface area (Å²) >= 11 is 0. The van der Waals surface area contributed by atoms with Gasteiger partial charge in [0, 0.05) is 19.7 Å². The van der Waals surface area contributed by atoms with E-state index in [0.717, 1.165) is 12.0 Å². The van der Waals surface area contributed by atoms with Gasteiger partial charge in [-0.3, -0.25) is 0 Å². The van der Waals surface area contributed by atoms with Gasteiger partial charge < -0.3 is 9.64 Å². The van der Waals surface area contributed by atoms with Crippen LogP contribution in [0.5, 0.6) is 0 Å². The Morgan fingerprint density at radius 3 is 2.50 bits per heavy atom. The van der Waals surface area contributed by atoms with Gasteiger partial charge in [0.05, 0.1) is 6.10 Å². The largest absolute Gasteiger partial charge is 0.379 e. The Morgan fingerprint density at radius 1 is 1.40 bits per heavy atom. The minimum Gasteiger partial charge on any atom is -0.379 e. The van der Waals surface area contributed by atoms with Crippen molar-refractivity contribution >= 4 is 0 Å². The van der Waals surface area contributed by atoms with E-state index in [1.165, 1.54) is 19.4 Å². The predicted molar refractivity (Wildman–Crippen MR) is 39.9 cm³/mol. The average molecular weight is 141 g/mol. The second-order valence-corrected chi connectivity index (χ2v) is 3.54. The number of piperidine rings is 1. The summed E-state index contributed by atoms with van der Waals surface area (Å²) in [6, 6.07) is 0.731. The van der Waals surface area contributed by atoms with Gasteiger partial charge in [0.1, 0.15) is 0 Å². The van der Waals surface area contributed by atoms with Crippen molar-refractivity contribution in [1.82, 2.24) is 4.90 Å². The number of hydrogen-bond donors (Lipinski definition) is 0. The van der Waals surface area contributed by atoms with Crippen molar-refractivity contribution in [2.75, 3.05) is 20.7 Å². The highest BCUT2D eigenvalue weighted by molar-refractivity contribution is 4.98. The molecule has 0 aromatic heterocycles.